The quantitative estimate of drug-likeness (QED) is 0.156. The number of nitrogens with zero attached hydrogens (tertiary/aromatic N) is 3. The molecule has 326 valence electrons. The van der Waals surface area contributed by atoms with Crippen molar-refractivity contribution < 1.29 is 29.3 Å². The van der Waals surface area contributed by atoms with E-state index in [1.54, 1.807) is 18.2 Å². The number of fused-ring (bicyclic) bond motifs is 9. The van der Waals surface area contributed by atoms with Gasteiger partial charge in [0.2, 0.25) is 0 Å². The van der Waals surface area contributed by atoms with Gasteiger partial charge in [-0.1, -0.05) is 62.6 Å². The number of carbonyl (C=O) groups is 2. The Hall–Kier alpha value is -4.11. The molecule has 6 aliphatic rings. The first-order chi connectivity index (χ1) is 29.3. The van der Waals surface area contributed by atoms with Crippen LogP contribution in [0.5, 0.6) is 0 Å². The summed E-state index contributed by atoms with van der Waals surface area (Å²) in [6.07, 6.45) is 11.1. The second kappa shape index (κ2) is 16.2. The number of halogens is 1. The van der Waals surface area contributed by atoms with Gasteiger partial charge in [-0.05, 0) is 112 Å². The molecule has 13 nitrogen and oxygen atoms in total. The van der Waals surface area contributed by atoms with Crippen molar-refractivity contribution in [3.8, 4) is 0 Å². The second-order valence-corrected chi connectivity index (χ2v) is 19.1. The number of H-pyrrole nitrogens is 2. The van der Waals surface area contributed by atoms with Crippen molar-refractivity contribution >= 4 is 45.2 Å². The molecular weight excluding hydrogens is 798 g/mol. The van der Waals surface area contributed by atoms with Crippen LogP contribution in [0.25, 0.3) is 22.1 Å². The molecule has 0 spiro atoms. The number of Topliss-reactive ketones (excluding diaryl/α,β-unsaturated/α-hetero) is 1. The maximum atomic E-state index is 13.2. The van der Waals surface area contributed by atoms with Crippen LogP contribution in [0, 0.1) is 28.6 Å². The number of nitrogens with one attached hydrogen (secondary N) is 2. The maximum Gasteiger partial charge on any atom is 0.326 e. The number of hydrogen-bond acceptors (Lipinski definition) is 9. The summed E-state index contributed by atoms with van der Waals surface area (Å²) >= 11 is 6.05. The van der Waals surface area contributed by atoms with Gasteiger partial charge >= 0.3 is 11.4 Å². The van der Waals surface area contributed by atoms with Crippen molar-refractivity contribution in [3.05, 3.63) is 92.3 Å². The average molecular weight is 856 g/mol. The number of aliphatic hydroxyl groups is 2. The van der Waals surface area contributed by atoms with Crippen molar-refractivity contribution in [3.63, 3.8) is 0 Å². The van der Waals surface area contributed by atoms with E-state index in [2.05, 4.69) is 35.6 Å². The number of rotatable bonds is 9. The lowest BCUT2D eigenvalue weighted by Crippen LogP contribution is -2.63. The summed E-state index contributed by atoms with van der Waals surface area (Å²) in [7, 11) is 0. The summed E-state index contributed by atoms with van der Waals surface area (Å²) in [6, 6.07) is 13.5. The van der Waals surface area contributed by atoms with Gasteiger partial charge in [-0.2, -0.15) is 0 Å². The van der Waals surface area contributed by atoms with Crippen molar-refractivity contribution in [1.82, 2.24) is 24.0 Å². The monoisotopic (exact) mass is 855 g/mol. The van der Waals surface area contributed by atoms with Gasteiger partial charge in [0.15, 0.2) is 23.5 Å². The Labute approximate surface area is 359 Å². The van der Waals surface area contributed by atoms with Crippen LogP contribution >= 0.6 is 11.6 Å². The zero-order valence-electron chi connectivity index (χ0n) is 35.3. The molecule has 4 aromatic rings. The molecule has 2 aromatic heterocycles. The fourth-order valence-electron chi connectivity index (χ4n) is 12.8. The van der Waals surface area contributed by atoms with E-state index in [4.69, 9.17) is 21.1 Å². The lowest BCUT2D eigenvalue weighted by atomic mass is 9.46. The Morgan fingerprint density at radius 1 is 0.984 bits per heavy atom. The molecule has 4 N–H and O–H groups in total. The minimum absolute atomic E-state index is 0.0125. The number of ether oxygens (including phenoxy) is 2. The number of likely N-dealkylation sites (tertiary alicyclic amines) is 1. The number of hydrogen-bond donors (Lipinski definition) is 4. The Morgan fingerprint density at radius 3 is 2.52 bits per heavy atom. The number of allylic oxidation sites excluding steroid dienone is 4. The fourth-order valence-corrected chi connectivity index (χ4v) is 12.9. The van der Waals surface area contributed by atoms with Crippen molar-refractivity contribution in [2.24, 2.45) is 28.6 Å². The standard InChI is InChI=1S/C25H34O6.C22H24ClN5O2/c1-4-5-21-30-20-11-17-16-7-6-14-10-15(27)8-9-23(14,2)22(16)18(28)12-24(17,3)25(20,31-21)19(29)13-26;23-15-6-7-20-18(14-15)25-22(30)28(20)16-8-12-26(13-9-16)10-3-11-27-19-5-2-1-4-17(19)24-21(27)29/h8-10,16-18,20-22,26,28H,4-7,11-13H2,1-3H3;1-2,4-7,14,16H,3,8-13H2,(H,24,29)(H,25,30)/t16-,17-,18-,20+,21+,22+,23-,24-,25+;/m0./s1. The largest absolute Gasteiger partial charge is 0.393 e. The van der Waals surface area contributed by atoms with Crippen LogP contribution in [0.1, 0.15) is 84.6 Å². The number of aryl methyl sites for hydroxylation is 1. The Balaban J connectivity index is 0.000000156. The molecule has 61 heavy (non-hydrogen) atoms. The van der Waals surface area contributed by atoms with Gasteiger partial charge in [0.1, 0.15) is 6.61 Å². The van der Waals surface area contributed by atoms with E-state index < -0.39 is 36.1 Å². The van der Waals surface area contributed by atoms with Crippen molar-refractivity contribution in [2.75, 3.05) is 26.2 Å². The molecule has 2 aromatic carbocycles. The summed E-state index contributed by atoms with van der Waals surface area (Å²) < 4.78 is 16.4. The molecule has 9 atom stereocenters. The zero-order valence-corrected chi connectivity index (χ0v) is 36.0. The van der Waals surface area contributed by atoms with Crippen molar-refractivity contribution in [1.29, 1.82) is 0 Å². The van der Waals surface area contributed by atoms with Gasteiger partial charge < -0.3 is 34.6 Å². The predicted molar refractivity (Wildman–Crippen MR) is 232 cm³/mol. The molecule has 5 fully saturated rings. The van der Waals surface area contributed by atoms with Gasteiger partial charge in [0.25, 0.3) is 0 Å². The highest BCUT2D eigenvalue weighted by Gasteiger charge is 2.75. The van der Waals surface area contributed by atoms with E-state index in [-0.39, 0.29) is 52.2 Å². The van der Waals surface area contributed by atoms with Gasteiger partial charge in [-0.3, -0.25) is 18.7 Å². The predicted octanol–water partition coefficient (Wildman–Crippen LogP) is 6.07. The van der Waals surface area contributed by atoms with Crippen molar-refractivity contribution in [2.45, 2.75) is 115 Å². The van der Waals surface area contributed by atoms with Crippen LogP contribution in [0.15, 0.2) is 75.9 Å². The number of imidazole rings is 2. The topological polar surface area (TPSA) is 172 Å². The van der Waals surface area contributed by atoms with E-state index in [1.807, 2.05) is 51.6 Å². The first kappa shape index (κ1) is 42.2. The minimum Gasteiger partial charge on any atom is -0.393 e. The Kier molecular flexibility index (Phi) is 11.2. The molecule has 2 saturated heterocycles. The Morgan fingerprint density at radius 2 is 1.75 bits per heavy atom. The molecule has 3 saturated carbocycles. The zero-order chi connectivity index (χ0) is 42.8. The highest BCUT2D eigenvalue weighted by Crippen LogP contribution is 2.69. The highest BCUT2D eigenvalue weighted by molar-refractivity contribution is 6.31. The van der Waals surface area contributed by atoms with E-state index >= 15 is 0 Å². The van der Waals surface area contributed by atoms with E-state index in [0.29, 0.717) is 30.8 Å². The van der Waals surface area contributed by atoms with E-state index in [0.717, 1.165) is 85.8 Å². The molecule has 0 amide bonds. The molecule has 0 unspecified atom stereocenters. The molecule has 4 aliphatic carbocycles. The number of piperidine rings is 1. The van der Waals surface area contributed by atoms with Gasteiger partial charge in [-0.15, -0.1) is 0 Å². The summed E-state index contributed by atoms with van der Waals surface area (Å²) in [6.45, 7) is 9.20. The van der Waals surface area contributed by atoms with Gasteiger partial charge in [-0.25, -0.2) is 9.59 Å². The van der Waals surface area contributed by atoms with Crippen LogP contribution in [-0.2, 0) is 25.6 Å². The SMILES string of the molecule is CCC[C@@H]1O[C@@H]2C[C@H]3[C@@H]4CCC5=CC(=O)C=C[C@]5(C)[C@H]4[C@@H](O)C[C@]3(C)[C@]2(C(=O)CO)O1.O=c1[nH]c2ccccc2n1CCCN1CCC(n2c(=O)[nH]c3cc(Cl)ccc32)CC1. The summed E-state index contributed by atoms with van der Waals surface area (Å²) in [5, 5.41) is 22.0. The number of aromatic nitrogens is 4. The van der Waals surface area contributed by atoms with Crippen LogP contribution < -0.4 is 11.4 Å². The molecular formula is C47H58ClN5O8. The number of aliphatic hydroxyl groups excluding tert-OH is 2. The molecule has 4 heterocycles. The summed E-state index contributed by atoms with van der Waals surface area (Å²) in [5.74, 6) is 0.0274. The molecule has 0 bridgehead atoms. The molecule has 14 heteroatoms. The molecule has 0 radical (unpaired) electrons. The summed E-state index contributed by atoms with van der Waals surface area (Å²) in [5.41, 5.74) is 2.39. The van der Waals surface area contributed by atoms with Crippen LogP contribution in [0.3, 0.4) is 0 Å². The van der Waals surface area contributed by atoms with Crippen LogP contribution in [-0.4, -0.2) is 96.1 Å². The third kappa shape index (κ3) is 6.94. The first-order valence-corrected chi connectivity index (χ1v) is 22.6. The van der Waals surface area contributed by atoms with Crippen LogP contribution in [0.2, 0.25) is 5.02 Å². The first-order valence-electron chi connectivity index (χ1n) is 22.2. The average Bonchev–Trinajstić information content (AvgIpc) is 3.94. The normalized spacial score (nSPS) is 33.5. The minimum atomic E-state index is -1.20. The second-order valence-electron chi connectivity index (χ2n) is 18.7. The highest BCUT2D eigenvalue weighted by atomic mass is 35.5. The van der Waals surface area contributed by atoms with Gasteiger partial charge in [0, 0.05) is 47.4 Å². The number of aromatic amines is 2. The van der Waals surface area contributed by atoms with E-state index in [9.17, 15) is 29.4 Å². The number of benzene rings is 2. The Bertz CT molecular complexity index is 2510. The van der Waals surface area contributed by atoms with Gasteiger partial charge in [0.05, 0.1) is 34.3 Å². The van der Waals surface area contributed by atoms with Crippen LogP contribution in [0.4, 0.5) is 0 Å². The lowest BCUT2D eigenvalue weighted by Gasteiger charge is -2.59. The smallest absolute Gasteiger partial charge is 0.326 e. The lowest BCUT2D eigenvalue weighted by molar-refractivity contribution is -0.200. The number of ketones is 2. The number of carbonyl (C=O) groups excluding carboxylic acids is 2. The maximum absolute atomic E-state index is 13.2. The third-order valence-corrected chi connectivity index (χ3v) is 15.7. The molecule has 2 aliphatic heterocycles. The molecule has 10 rings (SSSR count). The van der Waals surface area contributed by atoms with E-state index in [1.165, 1.54) is 0 Å². The fraction of sp³-hybridized carbons (Fsp3) is 0.574. The third-order valence-electron chi connectivity index (χ3n) is 15.5. The summed E-state index contributed by atoms with van der Waals surface area (Å²) in [4.78, 5) is 58.2. The number of para-hydroxylation sites is 2.